The van der Waals surface area contributed by atoms with Crippen LogP contribution < -0.4 is 11.1 Å². The van der Waals surface area contributed by atoms with Crippen LogP contribution in [0, 0.1) is 22.9 Å². The van der Waals surface area contributed by atoms with Crippen LogP contribution in [0.4, 0.5) is 18.0 Å². The molecule has 1 aromatic carbocycles. The van der Waals surface area contributed by atoms with E-state index in [1.807, 2.05) is 12.3 Å². The van der Waals surface area contributed by atoms with Gasteiger partial charge in [-0.15, -0.1) is 11.8 Å². The van der Waals surface area contributed by atoms with E-state index < -0.39 is 23.5 Å². The van der Waals surface area contributed by atoms with Crippen molar-refractivity contribution >= 4 is 35.5 Å². The van der Waals surface area contributed by atoms with Crippen LogP contribution in [-0.4, -0.2) is 52.4 Å². The van der Waals surface area contributed by atoms with Crippen molar-refractivity contribution in [3.8, 4) is 0 Å². The molecule has 1 unspecified atom stereocenters. The minimum absolute atomic E-state index is 0.00605. The monoisotopic (exact) mass is 491 g/mol. The average molecular weight is 492 g/mol. The van der Waals surface area contributed by atoms with Crippen LogP contribution >= 0.6 is 11.8 Å². The van der Waals surface area contributed by atoms with Crippen molar-refractivity contribution < 1.29 is 18.0 Å². The summed E-state index contributed by atoms with van der Waals surface area (Å²) in [6, 6.07) is 0.478. The molecule has 0 aromatic heterocycles. The number of thioether (sulfide) groups is 1. The lowest BCUT2D eigenvalue weighted by Crippen LogP contribution is -2.38. The Balaban J connectivity index is 1.93. The summed E-state index contributed by atoms with van der Waals surface area (Å²) in [6.45, 7) is -0.284. The molecular formula is C22H24F3N7OS. The number of nitrogens with zero attached hydrogens (tertiary/aromatic N) is 4. The molecule has 0 saturated heterocycles. The van der Waals surface area contributed by atoms with Gasteiger partial charge in [-0.1, -0.05) is 6.08 Å². The molecule has 1 atom stereocenters. The summed E-state index contributed by atoms with van der Waals surface area (Å²) in [5.74, 6) is -3.43. The van der Waals surface area contributed by atoms with E-state index in [9.17, 15) is 18.0 Å². The summed E-state index contributed by atoms with van der Waals surface area (Å²) in [7, 11) is 0. The number of guanidine groups is 1. The maximum atomic E-state index is 14.3. The second-order valence-corrected chi connectivity index (χ2v) is 8.06. The third-order valence-electron chi connectivity index (χ3n) is 5.01. The number of carbonyl (C=O) groups excluding carboxylic acids is 1. The van der Waals surface area contributed by atoms with Crippen molar-refractivity contribution in [2.75, 3.05) is 12.8 Å². The quantitative estimate of drug-likeness (QED) is 0.306. The molecule has 1 aromatic rings. The summed E-state index contributed by atoms with van der Waals surface area (Å²) in [6.07, 6.45) is 10.6. The minimum atomic E-state index is -1.30. The Bertz CT molecular complexity index is 1100. The standard InChI is InChI=1S/C22H24F3N7OS/c1-34-13-28-15-2-4-19(27)20(5-3-15)29-21-30-22(33)31(7-6-26)8-9-32(21)12-14-10-17(24)18(25)11-16(14)23/h3,5-6,8-11,13,15,26H,2,4,7,12,27H2,1H3,(H,29,30,33)/b26-6?,28-13-. The van der Waals surface area contributed by atoms with Crippen LogP contribution in [0.15, 0.2) is 58.1 Å². The van der Waals surface area contributed by atoms with Gasteiger partial charge < -0.3 is 21.4 Å². The molecule has 12 heteroatoms. The Morgan fingerprint density at radius 1 is 1.26 bits per heavy atom. The van der Waals surface area contributed by atoms with Gasteiger partial charge in [0.15, 0.2) is 11.6 Å². The molecule has 0 bridgehead atoms. The van der Waals surface area contributed by atoms with Gasteiger partial charge in [0.2, 0.25) is 5.96 Å². The van der Waals surface area contributed by atoms with Crippen molar-refractivity contribution in [1.29, 1.82) is 5.41 Å². The van der Waals surface area contributed by atoms with Gasteiger partial charge in [-0.2, -0.15) is 4.99 Å². The molecule has 1 aliphatic heterocycles. The fraction of sp³-hybridized carbons (Fsp3) is 0.273. The number of hydrogen-bond donors (Lipinski definition) is 3. The molecule has 0 fully saturated rings. The Morgan fingerprint density at radius 2 is 2.00 bits per heavy atom. The van der Waals surface area contributed by atoms with Crippen LogP contribution in [0.1, 0.15) is 18.4 Å². The predicted octanol–water partition coefficient (Wildman–Crippen LogP) is 3.69. The molecule has 0 spiro atoms. The first-order valence-electron chi connectivity index (χ1n) is 10.3. The van der Waals surface area contributed by atoms with Gasteiger partial charge in [0.25, 0.3) is 0 Å². The maximum Gasteiger partial charge on any atom is 0.351 e. The zero-order chi connectivity index (χ0) is 24.7. The van der Waals surface area contributed by atoms with Crippen LogP contribution in [0.2, 0.25) is 0 Å². The minimum Gasteiger partial charge on any atom is -0.400 e. The number of allylic oxidation sites excluding steroid dienone is 2. The lowest BCUT2D eigenvalue weighted by atomic mass is 10.1. The topological polar surface area (TPSA) is 110 Å². The van der Waals surface area contributed by atoms with Crippen LogP contribution in [-0.2, 0) is 6.54 Å². The summed E-state index contributed by atoms with van der Waals surface area (Å²) >= 11 is 1.48. The van der Waals surface area contributed by atoms with Crippen LogP contribution in [0.5, 0.6) is 0 Å². The van der Waals surface area contributed by atoms with Crippen molar-refractivity contribution in [2.24, 2.45) is 15.7 Å². The number of benzene rings is 1. The normalized spacial score (nSPS) is 18.9. The smallest absolute Gasteiger partial charge is 0.351 e. The van der Waals surface area contributed by atoms with Gasteiger partial charge in [0.05, 0.1) is 30.4 Å². The van der Waals surface area contributed by atoms with Gasteiger partial charge >= 0.3 is 6.03 Å². The van der Waals surface area contributed by atoms with Crippen LogP contribution in [0.3, 0.4) is 0 Å². The van der Waals surface area contributed by atoms with E-state index >= 15 is 0 Å². The molecule has 3 rings (SSSR count). The molecule has 180 valence electrons. The van der Waals surface area contributed by atoms with E-state index in [0.717, 1.165) is 12.3 Å². The lowest BCUT2D eigenvalue weighted by molar-refractivity contribution is 0.230. The van der Waals surface area contributed by atoms with E-state index in [-0.39, 0.29) is 30.7 Å². The molecule has 2 amide bonds. The second kappa shape index (κ2) is 11.5. The largest absolute Gasteiger partial charge is 0.400 e. The highest BCUT2D eigenvalue weighted by Crippen LogP contribution is 2.20. The second-order valence-electron chi connectivity index (χ2n) is 7.38. The van der Waals surface area contributed by atoms with Gasteiger partial charge in [-0.3, -0.25) is 9.89 Å². The number of aliphatic imine (C=N–C) groups is 2. The molecule has 8 nitrogen and oxygen atoms in total. The Kier molecular flexibility index (Phi) is 8.52. The zero-order valence-corrected chi connectivity index (χ0v) is 19.2. The van der Waals surface area contributed by atoms with Crippen molar-refractivity contribution in [3.63, 3.8) is 0 Å². The number of nitrogens with one attached hydrogen (secondary N) is 2. The number of nitrogens with two attached hydrogens (primary N) is 1. The number of hydrogen-bond acceptors (Lipinski definition) is 7. The Morgan fingerprint density at radius 3 is 2.74 bits per heavy atom. The zero-order valence-electron chi connectivity index (χ0n) is 18.3. The highest BCUT2D eigenvalue weighted by Gasteiger charge is 2.23. The van der Waals surface area contributed by atoms with E-state index in [2.05, 4.69) is 15.3 Å². The van der Waals surface area contributed by atoms with Gasteiger partial charge in [-0.05, 0) is 31.2 Å². The molecule has 34 heavy (non-hydrogen) atoms. The van der Waals surface area contributed by atoms with Gasteiger partial charge in [0.1, 0.15) is 5.82 Å². The molecule has 0 saturated carbocycles. The molecular weight excluding hydrogens is 467 g/mol. The summed E-state index contributed by atoms with van der Waals surface area (Å²) in [5, 5.41) is 10.3. The highest BCUT2D eigenvalue weighted by atomic mass is 32.2. The Hall–Kier alpha value is -3.54. The first-order valence-corrected chi connectivity index (χ1v) is 11.6. The number of urea groups is 1. The van der Waals surface area contributed by atoms with E-state index in [4.69, 9.17) is 11.1 Å². The fourth-order valence-corrected chi connectivity index (χ4v) is 3.48. The van der Waals surface area contributed by atoms with Gasteiger partial charge in [0, 0.05) is 35.9 Å². The van der Waals surface area contributed by atoms with Gasteiger partial charge in [-0.25, -0.2) is 18.0 Å². The number of halogens is 3. The van der Waals surface area contributed by atoms with Crippen molar-refractivity contribution in [1.82, 2.24) is 15.1 Å². The molecule has 1 aliphatic carbocycles. The average Bonchev–Trinajstić information content (AvgIpc) is 3.06. The third kappa shape index (κ3) is 6.28. The van der Waals surface area contributed by atoms with E-state index in [1.165, 1.54) is 34.0 Å². The SMILES string of the molecule is CS/C=N\C1C=CC(NC2=NC(=O)N(CC=N)C=CN2Cc2cc(F)c(F)cc2F)=C(N)CC1. The first-order chi connectivity index (χ1) is 16.3. The summed E-state index contributed by atoms with van der Waals surface area (Å²) in [4.78, 5) is 23.6. The number of carbonyl (C=O) groups is 1. The third-order valence-corrected chi connectivity index (χ3v) is 5.34. The molecule has 1 heterocycles. The first kappa shape index (κ1) is 25.1. The van der Waals surface area contributed by atoms with Crippen molar-refractivity contribution in [3.05, 3.63) is 71.1 Å². The highest BCUT2D eigenvalue weighted by molar-refractivity contribution is 8.11. The van der Waals surface area contributed by atoms with E-state index in [0.29, 0.717) is 30.3 Å². The van der Waals surface area contributed by atoms with Crippen LogP contribution in [0.25, 0.3) is 0 Å². The number of rotatable bonds is 7. The summed E-state index contributed by atoms with van der Waals surface area (Å²) in [5.41, 5.74) is 8.84. The molecule has 2 aliphatic rings. The lowest BCUT2D eigenvalue weighted by Gasteiger charge is -2.23. The summed E-state index contributed by atoms with van der Waals surface area (Å²) < 4.78 is 41.5. The predicted molar refractivity (Wildman–Crippen MR) is 128 cm³/mol. The number of amides is 2. The van der Waals surface area contributed by atoms with Crippen molar-refractivity contribution in [2.45, 2.75) is 25.4 Å². The van der Waals surface area contributed by atoms with E-state index in [1.54, 1.807) is 11.6 Å². The fourth-order valence-electron chi connectivity index (χ4n) is 3.20. The maximum absolute atomic E-state index is 14.3. The molecule has 0 radical (unpaired) electrons. The molecule has 4 N–H and O–H groups in total. The Labute approximate surface area is 199 Å².